The molecule has 4 nitrogen and oxygen atoms in total. The number of halogens is 3. The minimum atomic E-state index is -0.100. The van der Waals surface area contributed by atoms with Crippen molar-refractivity contribution in [1.82, 2.24) is 9.97 Å². The highest BCUT2D eigenvalue weighted by molar-refractivity contribution is 6.35. The fourth-order valence-corrected chi connectivity index (χ4v) is 2.34. The van der Waals surface area contributed by atoms with E-state index < -0.39 is 0 Å². The van der Waals surface area contributed by atoms with Crippen LogP contribution in [0.4, 0.5) is 11.6 Å². The molecule has 0 spiro atoms. The van der Waals surface area contributed by atoms with E-state index in [2.05, 4.69) is 15.3 Å². The topological polar surface area (TPSA) is 63.8 Å². The Kier molecular flexibility index (Phi) is 4.34. The van der Waals surface area contributed by atoms with Gasteiger partial charge >= 0.3 is 0 Å². The molecule has 0 aliphatic heterocycles. The third kappa shape index (κ3) is 3.21. The predicted molar refractivity (Wildman–Crippen MR) is 80.0 cm³/mol. The summed E-state index contributed by atoms with van der Waals surface area (Å²) in [7, 11) is 0. The molecule has 1 atom stereocenters. The SMILES string of the molecule is C[C@H](Nc1ncnc(N)c1Cl)c1ccc(Cl)cc1Cl. The van der Waals surface area contributed by atoms with E-state index in [1.807, 2.05) is 13.0 Å². The number of benzene rings is 1. The van der Waals surface area contributed by atoms with Crippen molar-refractivity contribution >= 4 is 46.4 Å². The first-order valence-electron chi connectivity index (χ1n) is 5.46. The molecule has 19 heavy (non-hydrogen) atoms. The molecule has 0 aliphatic rings. The van der Waals surface area contributed by atoms with Gasteiger partial charge in [0.15, 0.2) is 5.82 Å². The molecular weight excluding hydrogens is 307 g/mol. The zero-order valence-electron chi connectivity index (χ0n) is 9.99. The van der Waals surface area contributed by atoms with Crippen molar-refractivity contribution in [2.45, 2.75) is 13.0 Å². The second kappa shape index (κ2) is 5.82. The van der Waals surface area contributed by atoms with Crippen molar-refractivity contribution in [3.05, 3.63) is 45.2 Å². The van der Waals surface area contributed by atoms with Crippen LogP contribution >= 0.6 is 34.8 Å². The Hall–Kier alpha value is -1.23. The number of hydrogen-bond acceptors (Lipinski definition) is 4. The van der Waals surface area contributed by atoms with Gasteiger partial charge in [0.2, 0.25) is 0 Å². The number of aromatic nitrogens is 2. The molecule has 1 heterocycles. The summed E-state index contributed by atoms with van der Waals surface area (Å²) in [4.78, 5) is 7.85. The third-order valence-electron chi connectivity index (χ3n) is 2.60. The molecule has 0 saturated heterocycles. The number of nitrogen functional groups attached to an aromatic ring is 1. The molecule has 7 heteroatoms. The van der Waals surface area contributed by atoms with Gasteiger partial charge in [0.25, 0.3) is 0 Å². The van der Waals surface area contributed by atoms with Crippen molar-refractivity contribution in [3.8, 4) is 0 Å². The Morgan fingerprint density at radius 1 is 1.21 bits per heavy atom. The van der Waals surface area contributed by atoms with E-state index in [-0.39, 0.29) is 11.9 Å². The Balaban J connectivity index is 2.25. The Bertz CT molecular complexity index is 604. The molecule has 0 amide bonds. The molecular formula is C12H11Cl3N4. The van der Waals surface area contributed by atoms with Crippen LogP contribution in [0.1, 0.15) is 18.5 Å². The number of nitrogens with two attached hydrogens (primary N) is 1. The van der Waals surface area contributed by atoms with E-state index in [0.717, 1.165) is 5.56 Å². The van der Waals surface area contributed by atoms with Crippen LogP contribution in [0.5, 0.6) is 0 Å². The van der Waals surface area contributed by atoms with E-state index in [1.165, 1.54) is 6.33 Å². The summed E-state index contributed by atoms with van der Waals surface area (Å²) >= 11 is 18.0. The summed E-state index contributed by atoms with van der Waals surface area (Å²) < 4.78 is 0. The number of nitrogens with zero attached hydrogens (tertiary/aromatic N) is 2. The monoisotopic (exact) mass is 316 g/mol. The van der Waals surface area contributed by atoms with E-state index >= 15 is 0 Å². The highest BCUT2D eigenvalue weighted by Gasteiger charge is 2.13. The molecule has 3 N–H and O–H groups in total. The summed E-state index contributed by atoms with van der Waals surface area (Å²) in [5, 5.41) is 4.59. The van der Waals surface area contributed by atoms with Gasteiger partial charge < -0.3 is 11.1 Å². The van der Waals surface area contributed by atoms with Crippen LogP contribution in [0.15, 0.2) is 24.5 Å². The Morgan fingerprint density at radius 3 is 2.63 bits per heavy atom. The first-order chi connectivity index (χ1) is 8.99. The van der Waals surface area contributed by atoms with Crippen LogP contribution in [0, 0.1) is 0 Å². The van der Waals surface area contributed by atoms with Crippen LogP contribution in [-0.4, -0.2) is 9.97 Å². The third-order valence-corrected chi connectivity index (χ3v) is 3.53. The minimum Gasteiger partial charge on any atom is -0.382 e. The van der Waals surface area contributed by atoms with Gasteiger partial charge in [-0.25, -0.2) is 9.97 Å². The van der Waals surface area contributed by atoms with Crippen LogP contribution in [-0.2, 0) is 0 Å². The van der Waals surface area contributed by atoms with Gasteiger partial charge in [-0.15, -0.1) is 0 Å². The van der Waals surface area contributed by atoms with E-state index in [9.17, 15) is 0 Å². The molecule has 0 radical (unpaired) electrons. The van der Waals surface area contributed by atoms with Crippen molar-refractivity contribution in [1.29, 1.82) is 0 Å². The van der Waals surface area contributed by atoms with Gasteiger partial charge in [-0.2, -0.15) is 0 Å². The molecule has 0 unspecified atom stereocenters. The molecule has 100 valence electrons. The van der Waals surface area contributed by atoms with Gasteiger partial charge in [-0.3, -0.25) is 0 Å². The maximum Gasteiger partial charge on any atom is 0.150 e. The van der Waals surface area contributed by atoms with Gasteiger partial charge in [-0.1, -0.05) is 40.9 Å². The van der Waals surface area contributed by atoms with Gasteiger partial charge in [0.05, 0.1) is 6.04 Å². The summed E-state index contributed by atoms with van der Waals surface area (Å²) in [5.41, 5.74) is 6.51. The maximum absolute atomic E-state index is 6.15. The average Bonchev–Trinajstić information content (AvgIpc) is 2.34. The fourth-order valence-electron chi connectivity index (χ4n) is 1.62. The highest BCUT2D eigenvalue weighted by Crippen LogP contribution is 2.31. The minimum absolute atomic E-state index is 0.100. The van der Waals surface area contributed by atoms with Crippen LogP contribution in [0.3, 0.4) is 0 Å². The lowest BCUT2D eigenvalue weighted by Gasteiger charge is -2.17. The lowest BCUT2D eigenvalue weighted by molar-refractivity contribution is 0.873. The number of hydrogen-bond donors (Lipinski definition) is 2. The van der Waals surface area contributed by atoms with Gasteiger partial charge in [-0.05, 0) is 24.6 Å². The summed E-state index contributed by atoms with van der Waals surface area (Å²) in [5.74, 6) is 0.696. The highest BCUT2D eigenvalue weighted by atomic mass is 35.5. The van der Waals surface area contributed by atoms with Gasteiger partial charge in [0.1, 0.15) is 17.2 Å². The van der Waals surface area contributed by atoms with E-state index in [1.54, 1.807) is 12.1 Å². The quantitative estimate of drug-likeness (QED) is 0.891. The molecule has 1 aromatic heterocycles. The zero-order valence-corrected chi connectivity index (χ0v) is 12.3. The van der Waals surface area contributed by atoms with E-state index in [4.69, 9.17) is 40.5 Å². The van der Waals surface area contributed by atoms with Crippen molar-refractivity contribution in [2.75, 3.05) is 11.1 Å². The predicted octanol–water partition coefficient (Wildman–Crippen LogP) is 4.19. The standard InChI is InChI=1S/C12H11Cl3N4/c1-6(8-3-2-7(13)4-9(8)14)19-12-10(15)11(16)17-5-18-12/h2-6H,1H3,(H3,16,17,18,19)/t6-/m0/s1. The van der Waals surface area contributed by atoms with Crippen LogP contribution in [0.25, 0.3) is 0 Å². The molecule has 0 bridgehead atoms. The Labute approximate surface area is 125 Å². The summed E-state index contributed by atoms with van der Waals surface area (Å²) in [6.07, 6.45) is 1.35. The molecule has 2 rings (SSSR count). The second-order valence-electron chi connectivity index (χ2n) is 3.95. The smallest absolute Gasteiger partial charge is 0.150 e. The largest absolute Gasteiger partial charge is 0.382 e. The second-order valence-corrected chi connectivity index (χ2v) is 5.17. The summed E-state index contributed by atoms with van der Waals surface area (Å²) in [6, 6.07) is 5.21. The average molecular weight is 318 g/mol. The van der Waals surface area contributed by atoms with E-state index in [0.29, 0.717) is 20.9 Å². The molecule has 0 saturated carbocycles. The fraction of sp³-hybridized carbons (Fsp3) is 0.167. The molecule has 0 aliphatic carbocycles. The van der Waals surface area contributed by atoms with Crippen molar-refractivity contribution in [3.63, 3.8) is 0 Å². The zero-order chi connectivity index (χ0) is 14.0. The van der Waals surface area contributed by atoms with Crippen molar-refractivity contribution < 1.29 is 0 Å². The van der Waals surface area contributed by atoms with Gasteiger partial charge in [0, 0.05) is 10.0 Å². The molecule has 2 aromatic rings. The van der Waals surface area contributed by atoms with Crippen molar-refractivity contribution in [2.24, 2.45) is 0 Å². The lowest BCUT2D eigenvalue weighted by atomic mass is 10.1. The number of rotatable bonds is 3. The normalized spacial score (nSPS) is 12.2. The van der Waals surface area contributed by atoms with Crippen LogP contribution in [0.2, 0.25) is 15.1 Å². The Morgan fingerprint density at radius 2 is 1.95 bits per heavy atom. The first kappa shape index (κ1) is 14.2. The molecule has 0 fully saturated rings. The molecule has 1 aromatic carbocycles. The lowest BCUT2D eigenvalue weighted by Crippen LogP contribution is -2.10. The number of nitrogens with one attached hydrogen (secondary N) is 1. The van der Waals surface area contributed by atoms with Crippen LogP contribution < -0.4 is 11.1 Å². The first-order valence-corrected chi connectivity index (χ1v) is 6.60. The summed E-state index contributed by atoms with van der Waals surface area (Å²) in [6.45, 7) is 1.93. The maximum atomic E-state index is 6.15. The number of anilines is 2.